The quantitative estimate of drug-likeness (QED) is 0.667. The molecule has 1 heterocycles. The van der Waals surface area contributed by atoms with E-state index in [0.717, 1.165) is 38.2 Å². The molecule has 0 unspecified atom stereocenters. The van der Waals surface area contributed by atoms with Gasteiger partial charge >= 0.3 is 6.09 Å². The number of likely N-dealkylation sites (tertiary alicyclic amines) is 1. The van der Waals surface area contributed by atoms with Crippen LogP contribution in [0.2, 0.25) is 0 Å². The van der Waals surface area contributed by atoms with Crippen molar-refractivity contribution in [2.75, 3.05) is 38.3 Å². The molecule has 1 saturated heterocycles. The number of amides is 2. The lowest BCUT2D eigenvalue weighted by molar-refractivity contribution is -0.121. The van der Waals surface area contributed by atoms with E-state index in [4.69, 9.17) is 15.2 Å². The summed E-state index contributed by atoms with van der Waals surface area (Å²) in [5.41, 5.74) is 6.68. The number of benzene rings is 2. The summed E-state index contributed by atoms with van der Waals surface area (Å²) >= 11 is 0. The second kappa shape index (κ2) is 10.9. The number of hydrogen-bond acceptors (Lipinski definition) is 5. The van der Waals surface area contributed by atoms with E-state index < -0.39 is 11.6 Å². The van der Waals surface area contributed by atoms with Crippen molar-refractivity contribution in [1.29, 1.82) is 0 Å². The third-order valence-corrected chi connectivity index (χ3v) is 5.75. The van der Waals surface area contributed by atoms with Crippen LogP contribution in [0.3, 0.4) is 0 Å². The summed E-state index contributed by atoms with van der Waals surface area (Å²) in [4.78, 5) is 28.5. The standard InChI is InChI=1S/C24H31N3O4/c1-30-19-24(13-15-26(16-14-24)18-20-8-4-2-5-9-20)27(21-10-6-3-7-11-21)22(28)12-17-31-23(25)29/h2-11H,12-19H2,1H3,(H2,25,29). The summed E-state index contributed by atoms with van der Waals surface area (Å²) < 4.78 is 10.4. The number of hydrogen-bond donors (Lipinski definition) is 1. The molecule has 0 atom stereocenters. The van der Waals surface area contributed by atoms with E-state index in [1.165, 1.54) is 5.56 Å². The summed E-state index contributed by atoms with van der Waals surface area (Å²) in [6.45, 7) is 2.99. The van der Waals surface area contributed by atoms with E-state index in [2.05, 4.69) is 29.2 Å². The molecule has 0 aliphatic carbocycles. The van der Waals surface area contributed by atoms with Gasteiger partial charge in [0.1, 0.15) is 6.61 Å². The summed E-state index contributed by atoms with van der Waals surface area (Å²) in [6.07, 6.45) is 0.757. The van der Waals surface area contributed by atoms with Gasteiger partial charge in [-0.15, -0.1) is 0 Å². The molecule has 2 amide bonds. The number of para-hydroxylation sites is 1. The Labute approximate surface area is 183 Å². The zero-order valence-electron chi connectivity index (χ0n) is 18.0. The maximum absolute atomic E-state index is 13.3. The number of ether oxygens (including phenoxy) is 2. The topological polar surface area (TPSA) is 85.1 Å². The molecule has 1 aliphatic rings. The Morgan fingerprint density at radius 3 is 2.23 bits per heavy atom. The number of nitrogens with zero attached hydrogens (tertiary/aromatic N) is 2. The molecule has 7 heteroatoms. The molecule has 2 aromatic rings. The van der Waals surface area contributed by atoms with Crippen LogP contribution in [0.1, 0.15) is 24.8 Å². The third kappa shape index (κ3) is 6.06. The third-order valence-electron chi connectivity index (χ3n) is 5.75. The molecule has 1 aliphatic heterocycles. The Hall–Kier alpha value is -2.90. The van der Waals surface area contributed by atoms with Crippen LogP contribution in [0, 0.1) is 0 Å². The number of primary amides is 1. The molecule has 166 valence electrons. The predicted octanol–water partition coefficient (Wildman–Crippen LogP) is 3.19. The van der Waals surface area contributed by atoms with Crippen molar-refractivity contribution in [1.82, 2.24) is 4.90 Å². The predicted molar refractivity (Wildman–Crippen MR) is 120 cm³/mol. The van der Waals surface area contributed by atoms with Crippen LogP contribution in [-0.4, -0.2) is 55.9 Å². The summed E-state index contributed by atoms with van der Waals surface area (Å²) in [5, 5.41) is 0. The normalized spacial score (nSPS) is 15.9. The van der Waals surface area contributed by atoms with Crippen LogP contribution in [-0.2, 0) is 20.8 Å². The van der Waals surface area contributed by atoms with Crippen molar-refractivity contribution in [3.8, 4) is 0 Å². The van der Waals surface area contributed by atoms with Gasteiger partial charge in [0.05, 0.1) is 18.6 Å². The molecule has 31 heavy (non-hydrogen) atoms. The lowest BCUT2D eigenvalue weighted by Crippen LogP contribution is -2.60. The zero-order chi connectivity index (χ0) is 22.1. The van der Waals surface area contributed by atoms with Gasteiger partial charge in [-0.25, -0.2) is 4.79 Å². The first-order valence-corrected chi connectivity index (χ1v) is 10.6. The van der Waals surface area contributed by atoms with Crippen LogP contribution in [0.4, 0.5) is 10.5 Å². The fourth-order valence-corrected chi connectivity index (χ4v) is 4.28. The van der Waals surface area contributed by atoms with Crippen LogP contribution < -0.4 is 10.6 Å². The molecule has 0 bridgehead atoms. The van der Waals surface area contributed by atoms with Crippen molar-refractivity contribution in [2.45, 2.75) is 31.3 Å². The highest BCUT2D eigenvalue weighted by atomic mass is 16.5. The van der Waals surface area contributed by atoms with Gasteiger partial charge < -0.3 is 20.1 Å². The van der Waals surface area contributed by atoms with Gasteiger partial charge in [0.15, 0.2) is 0 Å². The fraction of sp³-hybridized carbons (Fsp3) is 0.417. The van der Waals surface area contributed by atoms with Crippen LogP contribution >= 0.6 is 0 Å². The number of piperidine rings is 1. The molecule has 7 nitrogen and oxygen atoms in total. The monoisotopic (exact) mass is 425 g/mol. The first-order chi connectivity index (χ1) is 15.0. The Bertz CT molecular complexity index is 836. The van der Waals surface area contributed by atoms with Gasteiger partial charge in [-0.1, -0.05) is 48.5 Å². The highest BCUT2D eigenvalue weighted by Crippen LogP contribution is 2.35. The minimum atomic E-state index is -0.875. The first kappa shape index (κ1) is 22.8. The number of carbonyl (C=O) groups is 2. The molecule has 1 fully saturated rings. The van der Waals surface area contributed by atoms with Gasteiger partial charge in [-0.3, -0.25) is 9.69 Å². The summed E-state index contributed by atoms with van der Waals surface area (Å²) in [6, 6.07) is 20.0. The van der Waals surface area contributed by atoms with Gasteiger partial charge in [-0.05, 0) is 30.5 Å². The van der Waals surface area contributed by atoms with E-state index in [1.54, 1.807) is 7.11 Å². The van der Waals surface area contributed by atoms with Gasteiger partial charge in [-0.2, -0.15) is 0 Å². The van der Waals surface area contributed by atoms with Crippen molar-refractivity contribution in [3.63, 3.8) is 0 Å². The molecular formula is C24H31N3O4. The number of nitrogens with two attached hydrogens (primary N) is 1. The van der Waals surface area contributed by atoms with E-state index in [9.17, 15) is 9.59 Å². The van der Waals surface area contributed by atoms with Crippen molar-refractivity contribution >= 4 is 17.7 Å². The fourth-order valence-electron chi connectivity index (χ4n) is 4.28. The smallest absolute Gasteiger partial charge is 0.404 e. The van der Waals surface area contributed by atoms with Crippen LogP contribution in [0.15, 0.2) is 60.7 Å². The average molecular weight is 426 g/mol. The van der Waals surface area contributed by atoms with E-state index in [0.29, 0.717) is 6.61 Å². The Balaban J connectivity index is 1.78. The van der Waals surface area contributed by atoms with Crippen LogP contribution in [0.25, 0.3) is 0 Å². The Kier molecular flexibility index (Phi) is 8.03. The van der Waals surface area contributed by atoms with Gasteiger partial charge in [0, 0.05) is 32.4 Å². The first-order valence-electron chi connectivity index (χ1n) is 10.6. The molecule has 0 aromatic heterocycles. The number of carbonyl (C=O) groups excluding carboxylic acids is 2. The number of anilines is 1. The minimum Gasteiger partial charge on any atom is -0.449 e. The Morgan fingerprint density at radius 1 is 1.03 bits per heavy atom. The highest BCUT2D eigenvalue weighted by molar-refractivity contribution is 5.95. The molecule has 0 spiro atoms. The minimum absolute atomic E-state index is 0.0410. The number of methoxy groups -OCH3 is 1. The number of rotatable bonds is 9. The second-order valence-corrected chi connectivity index (χ2v) is 7.90. The van der Waals surface area contributed by atoms with Gasteiger partial charge in [0.2, 0.25) is 5.91 Å². The molecule has 0 radical (unpaired) electrons. The maximum atomic E-state index is 13.3. The molecule has 2 N–H and O–H groups in total. The summed E-state index contributed by atoms with van der Waals surface area (Å²) in [7, 11) is 1.67. The maximum Gasteiger partial charge on any atom is 0.404 e. The van der Waals surface area contributed by atoms with E-state index >= 15 is 0 Å². The zero-order valence-corrected chi connectivity index (χ0v) is 18.0. The second-order valence-electron chi connectivity index (χ2n) is 7.90. The Morgan fingerprint density at radius 2 is 1.65 bits per heavy atom. The molecule has 0 saturated carbocycles. The van der Waals surface area contributed by atoms with Crippen molar-refractivity contribution < 1.29 is 19.1 Å². The lowest BCUT2D eigenvalue weighted by Gasteiger charge is -2.48. The van der Waals surface area contributed by atoms with Crippen molar-refractivity contribution in [2.24, 2.45) is 5.73 Å². The van der Waals surface area contributed by atoms with E-state index in [1.807, 2.05) is 41.3 Å². The molecule has 3 rings (SSSR count). The summed E-state index contributed by atoms with van der Waals surface area (Å²) in [5.74, 6) is -0.110. The largest absolute Gasteiger partial charge is 0.449 e. The van der Waals surface area contributed by atoms with Gasteiger partial charge in [0.25, 0.3) is 0 Å². The lowest BCUT2D eigenvalue weighted by atomic mass is 9.85. The highest BCUT2D eigenvalue weighted by Gasteiger charge is 2.43. The average Bonchev–Trinajstić information content (AvgIpc) is 2.77. The molecule has 2 aromatic carbocycles. The van der Waals surface area contributed by atoms with E-state index in [-0.39, 0.29) is 18.9 Å². The SMILES string of the molecule is COCC1(N(C(=O)CCOC(N)=O)c2ccccc2)CCN(Cc2ccccc2)CC1. The van der Waals surface area contributed by atoms with Crippen LogP contribution in [0.5, 0.6) is 0 Å². The van der Waals surface area contributed by atoms with Crippen molar-refractivity contribution in [3.05, 3.63) is 66.2 Å². The molecular weight excluding hydrogens is 394 g/mol.